The molecule has 1 amide bonds. The Hall–Kier alpha value is -2.87. The molecule has 9 heteroatoms. The molecule has 0 atom stereocenters. The first-order chi connectivity index (χ1) is 15.4. The van der Waals surface area contributed by atoms with Crippen LogP contribution in [0.1, 0.15) is 37.9 Å². The number of nitrogens with one attached hydrogen (secondary N) is 5. The smallest absolute Gasteiger partial charge is 0.235 e. The van der Waals surface area contributed by atoms with Crippen LogP contribution in [0.4, 0.5) is 28.6 Å². The van der Waals surface area contributed by atoms with Crippen LogP contribution in [0.25, 0.3) is 0 Å². The van der Waals surface area contributed by atoms with Crippen LogP contribution in [0.2, 0.25) is 0 Å². The van der Waals surface area contributed by atoms with E-state index in [1.165, 1.54) is 0 Å². The van der Waals surface area contributed by atoms with Gasteiger partial charge in [-0.25, -0.2) is 4.98 Å². The summed E-state index contributed by atoms with van der Waals surface area (Å²) in [7, 11) is 5.61. The van der Waals surface area contributed by atoms with E-state index in [9.17, 15) is 4.79 Å². The number of alkyl halides is 1. The summed E-state index contributed by atoms with van der Waals surface area (Å²) >= 11 is 5.69. The SMILES string of the molecule is CCC(CC)Oc1cc(C)nc(Nc2c(NC)cc(NC)cc2NC)c1CNC(=O)CCl. The summed E-state index contributed by atoms with van der Waals surface area (Å²) in [6, 6.07) is 5.93. The molecule has 1 aromatic heterocycles. The van der Waals surface area contributed by atoms with E-state index in [1.54, 1.807) is 0 Å². The van der Waals surface area contributed by atoms with Crippen LogP contribution in [-0.4, -0.2) is 44.0 Å². The Bertz CT molecular complexity index is 893. The van der Waals surface area contributed by atoms with Crippen molar-refractivity contribution < 1.29 is 9.53 Å². The van der Waals surface area contributed by atoms with Crippen LogP contribution in [0.15, 0.2) is 18.2 Å². The van der Waals surface area contributed by atoms with Crippen molar-refractivity contribution in [2.75, 3.05) is 48.3 Å². The fourth-order valence-electron chi connectivity index (χ4n) is 3.35. The molecule has 8 nitrogen and oxygen atoms in total. The average Bonchev–Trinajstić information content (AvgIpc) is 2.81. The Morgan fingerprint density at radius 3 is 2.19 bits per heavy atom. The van der Waals surface area contributed by atoms with Crippen LogP contribution in [-0.2, 0) is 11.3 Å². The minimum absolute atomic E-state index is 0.0720. The monoisotopic (exact) mass is 462 g/mol. The fourth-order valence-corrected chi connectivity index (χ4v) is 3.45. The summed E-state index contributed by atoms with van der Waals surface area (Å²) in [6.45, 7) is 6.36. The molecule has 5 N–H and O–H groups in total. The molecule has 0 unspecified atom stereocenters. The Morgan fingerprint density at radius 2 is 1.69 bits per heavy atom. The average molecular weight is 463 g/mol. The van der Waals surface area contributed by atoms with Gasteiger partial charge in [0.1, 0.15) is 17.4 Å². The zero-order chi connectivity index (χ0) is 23.7. The third-order valence-electron chi connectivity index (χ3n) is 5.21. The molecule has 0 saturated carbocycles. The lowest BCUT2D eigenvalue weighted by molar-refractivity contribution is -0.118. The first kappa shape index (κ1) is 25.4. The highest BCUT2D eigenvalue weighted by Crippen LogP contribution is 2.38. The molecule has 0 bridgehead atoms. The molecule has 1 heterocycles. The van der Waals surface area contributed by atoms with E-state index in [0.29, 0.717) is 11.6 Å². The predicted molar refractivity (Wildman–Crippen MR) is 135 cm³/mol. The molecule has 0 aliphatic heterocycles. The van der Waals surface area contributed by atoms with Gasteiger partial charge in [-0.2, -0.15) is 0 Å². The molecule has 0 aliphatic carbocycles. The van der Waals surface area contributed by atoms with E-state index < -0.39 is 0 Å². The number of aryl methyl sites for hydroxylation is 1. The van der Waals surface area contributed by atoms with Gasteiger partial charge in [-0.05, 0) is 31.9 Å². The van der Waals surface area contributed by atoms with Gasteiger partial charge < -0.3 is 31.3 Å². The van der Waals surface area contributed by atoms with Gasteiger partial charge in [-0.15, -0.1) is 11.6 Å². The molecule has 0 saturated heterocycles. The van der Waals surface area contributed by atoms with Gasteiger partial charge >= 0.3 is 0 Å². The van der Waals surface area contributed by atoms with Gasteiger partial charge in [-0.1, -0.05) is 13.8 Å². The lowest BCUT2D eigenvalue weighted by atomic mass is 10.1. The minimum atomic E-state index is -0.253. The number of pyridine rings is 1. The number of anilines is 5. The van der Waals surface area contributed by atoms with Crippen molar-refractivity contribution in [3.63, 3.8) is 0 Å². The Morgan fingerprint density at radius 1 is 1.06 bits per heavy atom. The molecule has 0 fully saturated rings. The van der Waals surface area contributed by atoms with Gasteiger partial charge in [0, 0.05) is 38.6 Å². The van der Waals surface area contributed by atoms with Crippen molar-refractivity contribution in [3.8, 4) is 5.75 Å². The van der Waals surface area contributed by atoms with Gasteiger partial charge in [0.05, 0.1) is 35.3 Å². The van der Waals surface area contributed by atoms with E-state index in [1.807, 2.05) is 46.3 Å². The Kier molecular flexibility index (Phi) is 9.71. The molecule has 176 valence electrons. The van der Waals surface area contributed by atoms with Crippen LogP contribution in [0, 0.1) is 6.92 Å². The van der Waals surface area contributed by atoms with Crippen molar-refractivity contribution in [1.82, 2.24) is 10.3 Å². The van der Waals surface area contributed by atoms with Gasteiger partial charge in [-0.3, -0.25) is 4.79 Å². The molecule has 1 aromatic carbocycles. The molecule has 0 aliphatic rings. The largest absolute Gasteiger partial charge is 0.490 e. The number of halogens is 1. The van der Waals surface area contributed by atoms with Crippen molar-refractivity contribution in [2.24, 2.45) is 0 Å². The molecule has 0 spiro atoms. The number of aromatic nitrogens is 1. The maximum atomic E-state index is 11.9. The van der Waals surface area contributed by atoms with Gasteiger partial charge in [0.25, 0.3) is 0 Å². The number of amides is 1. The molecular formula is C23H35ClN6O2. The lowest BCUT2D eigenvalue weighted by Gasteiger charge is -2.23. The number of hydrogen-bond acceptors (Lipinski definition) is 7. The number of rotatable bonds is 12. The van der Waals surface area contributed by atoms with Crippen LogP contribution in [0.3, 0.4) is 0 Å². The van der Waals surface area contributed by atoms with Crippen LogP contribution < -0.4 is 31.3 Å². The van der Waals surface area contributed by atoms with Crippen molar-refractivity contribution in [3.05, 3.63) is 29.5 Å². The number of carbonyl (C=O) groups is 1. The molecular weight excluding hydrogens is 428 g/mol. The van der Waals surface area contributed by atoms with Crippen molar-refractivity contribution in [1.29, 1.82) is 0 Å². The maximum Gasteiger partial charge on any atom is 0.235 e. The fraction of sp³-hybridized carbons (Fsp3) is 0.478. The highest BCUT2D eigenvalue weighted by molar-refractivity contribution is 6.27. The van der Waals surface area contributed by atoms with Crippen molar-refractivity contribution in [2.45, 2.75) is 46.3 Å². The Balaban J connectivity index is 2.59. The topological polar surface area (TPSA) is 99.3 Å². The van der Waals surface area contributed by atoms with Crippen molar-refractivity contribution >= 4 is 46.1 Å². The van der Waals surface area contributed by atoms with E-state index in [0.717, 1.165) is 46.8 Å². The van der Waals surface area contributed by atoms with Gasteiger partial charge in [0.15, 0.2) is 0 Å². The summed E-state index contributed by atoms with van der Waals surface area (Å²) in [5.74, 6) is 0.958. The second-order valence-electron chi connectivity index (χ2n) is 7.38. The summed E-state index contributed by atoms with van der Waals surface area (Å²) in [4.78, 5) is 16.6. The molecule has 32 heavy (non-hydrogen) atoms. The summed E-state index contributed by atoms with van der Waals surface area (Å²) in [5.41, 5.74) is 5.16. The molecule has 2 aromatic rings. The van der Waals surface area contributed by atoms with E-state index in [-0.39, 0.29) is 24.4 Å². The number of nitrogens with zero attached hydrogens (tertiary/aromatic N) is 1. The summed E-state index contributed by atoms with van der Waals surface area (Å²) in [6.07, 6.45) is 1.84. The number of benzene rings is 1. The number of carbonyl (C=O) groups excluding carboxylic acids is 1. The third kappa shape index (κ3) is 6.32. The highest BCUT2D eigenvalue weighted by Gasteiger charge is 2.19. The van der Waals surface area contributed by atoms with E-state index in [4.69, 9.17) is 21.3 Å². The second-order valence-corrected chi connectivity index (χ2v) is 7.64. The number of hydrogen-bond donors (Lipinski definition) is 5. The Labute approximate surface area is 195 Å². The summed E-state index contributed by atoms with van der Waals surface area (Å²) < 4.78 is 6.31. The van der Waals surface area contributed by atoms with E-state index >= 15 is 0 Å². The molecule has 0 radical (unpaired) electrons. The standard InChI is InChI=1S/C23H35ClN6O2/c1-7-16(8-2)32-20-9-14(3)29-23(17(20)13-28-21(31)12-24)30-22-18(26-5)10-15(25-4)11-19(22)27-6/h9-11,16,25-27H,7-8,12-13H2,1-6H3,(H,28,31)(H,29,30). The molecule has 2 rings (SSSR count). The normalized spacial score (nSPS) is 10.6. The minimum Gasteiger partial charge on any atom is -0.490 e. The summed E-state index contributed by atoms with van der Waals surface area (Å²) in [5, 5.41) is 16.0. The zero-order valence-corrected chi connectivity index (χ0v) is 20.5. The highest BCUT2D eigenvalue weighted by atomic mass is 35.5. The predicted octanol–water partition coefficient (Wildman–Crippen LogP) is 4.68. The quantitative estimate of drug-likeness (QED) is 0.292. The van der Waals surface area contributed by atoms with Crippen LogP contribution in [0.5, 0.6) is 5.75 Å². The van der Waals surface area contributed by atoms with Crippen LogP contribution >= 0.6 is 11.6 Å². The first-order valence-corrected chi connectivity index (χ1v) is 11.4. The third-order valence-corrected chi connectivity index (χ3v) is 5.45. The second kappa shape index (κ2) is 12.2. The zero-order valence-electron chi connectivity index (χ0n) is 19.8. The maximum absolute atomic E-state index is 11.9. The first-order valence-electron chi connectivity index (χ1n) is 10.9. The van der Waals surface area contributed by atoms with E-state index in [2.05, 4.69) is 40.4 Å². The number of ether oxygens (including phenoxy) is 1. The lowest BCUT2D eigenvalue weighted by Crippen LogP contribution is -2.25. The van der Waals surface area contributed by atoms with Gasteiger partial charge in [0.2, 0.25) is 5.91 Å².